The van der Waals surface area contributed by atoms with Crippen molar-refractivity contribution in [3.8, 4) is 5.69 Å². The molecular weight excluding hydrogens is 447 g/mol. The molecule has 2 aromatic carbocycles. The molecule has 0 radical (unpaired) electrons. The van der Waals surface area contributed by atoms with Gasteiger partial charge in [0.05, 0.1) is 16.8 Å². The molecule has 4 rings (SSSR count). The van der Waals surface area contributed by atoms with E-state index in [1.54, 1.807) is 36.4 Å². The summed E-state index contributed by atoms with van der Waals surface area (Å²) < 4.78 is 39.7. The van der Waals surface area contributed by atoms with Crippen LogP contribution in [0.2, 0.25) is 5.02 Å². The summed E-state index contributed by atoms with van der Waals surface area (Å²) in [6.45, 7) is 0. The smallest absolute Gasteiger partial charge is 0.266 e. The normalized spacial score (nSPS) is 11.7. The number of aryl methyl sites for hydroxylation is 1. The Morgan fingerprint density at radius 2 is 1.71 bits per heavy atom. The fourth-order valence-corrected chi connectivity index (χ4v) is 4.16. The minimum absolute atomic E-state index is 0.254. The van der Waals surface area contributed by atoms with E-state index in [4.69, 9.17) is 11.6 Å². The fraction of sp³-hybridized carbons (Fsp3) is 0.136. The first kappa shape index (κ1) is 21.4. The van der Waals surface area contributed by atoms with Crippen molar-refractivity contribution in [3.05, 3.63) is 93.4 Å². The predicted molar refractivity (Wildman–Crippen MR) is 116 cm³/mol. The predicted octanol–water partition coefficient (Wildman–Crippen LogP) is 5.79. The number of pyridine rings is 1. The molecule has 0 fully saturated rings. The topological polar surface area (TPSA) is 47.8 Å². The standard InChI is InChI=1S/C22H15ClF3N3OS/c23-16-7-9-17(10-8-16)29-20(30)19-18(2-1-12-27-19)28-21(29)31-13-11-14-3-5-15(6-4-14)22(24,25)26/h1-10,12H,11,13H2. The second-order valence-electron chi connectivity index (χ2n) is 6.68. The minimum atomic E-state index is -4.36. The van der Waals surface area contributed by atoms with Crippen molar-refractivity contribution in [2.24, 2.45) is 0 Å². The highest BCUT2D eigenvalue weighted by Gasteiger charge is 2.29. The van der Waals surface area contributed by atoms with E-state index in [-0.39, 0.29) is 11.1 Å². The van der Waals surface area contributed by atoms with Gasteiger partial charge in [0.25, 0.3) is 5.56 Å². The molecule has 158 valence electrons. The van der Waals surface area contributed by atoms with Gasteiger partial charge in [-0.3, -0.25) is 9.36 Å². The molecule has 0 saturated carbocycles. The van der Waals surface area contributed by atoms with Crippen molar-refractivity contribution >= 4 is 34.4 Å². The number of benzene rings is 2. The molecule has 0 spiro atoms. The van der Waals surface area contributed by atoms with Crippen LogP contribution < -0.4 is 5.56 Å². The summed E-state index contributed by atoms with van der Waals surface area (Å²) in [7, 11) is 0. The van der Waals surface area contributed by atoms with Gasteiger partial charge in [-0.1, -0.05) is 35.5 Å². The maximum atomic E-state index is 13.1. The van der Waals surface area contributed by atoms with E-state index >= 15 is 0 Å². The Balaban J connectivity index is 1.63. The zero-order chi connectivity index (χ0) is 22.0. The molecule has 31 heavy (non-hydrogen) atoms. The second-order valence-corrected chi connectivity index (χ2v) is 8.17. The van der Waals surface area contributed by atoms with Crippen LogP contribution in [-0.2, 0) is 12.6 Å². The second kappa shape index (κ2) is 8.72. The first-order valence-corrected chi connectivity index (χ1v) is 10.6. The van der Waals surface area contributed by atoms with E-state index in [9.17, 15) is 18.0 Å². The van der Waals surface area contributed by atoms with Crippen molar-refractivity contribution in [3.63, 3.8) is 0 Å². The van der Waals surface area contributed by atoms with Crippen LogP contribution in [0.5, 0.6) is 0 Å². The Labute approximate surface area is 184 Å². The average Bonchev–Trinajstić information content (AvgIpc) is 2.75. The van der Waals surface area contributed by atoms with Crippen LogP contribution in [-0.4, -0.2) is 20.3 Å². The van der Waals surface area contributed by atoms with Crippen molar-refractivity contribution in [1.82, 2.24) is 14.5 Å². The van der Waals surface area contributed by atoms with E-state index in [0.717, 1.165) is 17.7 Å². The Morgan fingerprint density at radius 3 is 2.39 bits per heavy atom. The molecule has 9 heteroatoms. The van der Waals surface area contributed by atoms with Gasteiger partial charge >= 0.3 is 6.18 Å². The highest BCUT2D eigenvalue weighted by Crippen LogP contribution is 2.29. The van der Waals surface area contributed by atoms with E-state index in [0.29, 0.717) is 33.6 Å². The molecule has 0 amide bonds. The summed E-state index contributed by atoms with van der Waals surface area (Å²) in [5.74, 6) is 0.525. The third-order valence-corrected chi connectivity index (χ3v) is 5.78. The molecule has 4 aromatic rings. The van der Waals surface area contributed by atoms with Gasteiger partial charge in [-0.2, -0.15) is 13.2 Å². The van der Waals surface area contributed by atoms with Gasteiger partial charge in [-0.05, 0) is 60.5 Å². The summed E-state index contributed by atoms with van der Waals surface area (Å²) >= 11 is 7.32. The molecule has 2 heterocycles. The highest BCUT2D eigenvalue weighted by molar-refractivity contribution is 7.99. The molecule has 0 N–H and O–H groups in total. The molecule has 0 saturated heterocycles. The van der Waals surface area contributed by atoms with Gasteiger partial charge in [0, 0.05) is 17.0 Å². The van der Waals surface area contributed by atoms with Gasteiger partial charge < -0.3 is 0 Å². The van der Waals surface area contributed by atoms with Gasteiger partial charge in [-0.25, -0.2) is 9.97 Å². The van der Waals surface area contributed by atoms with Gasteiger partial charge in [0.1, 0.15) is 0 Å². The molecule has 0 unspecified atom stereocenters. The lowest BCUT2D eigenvalue weighted by Gasteiger charge is -2.13. The number of fused-ring (bicyclic) bond motifs is 1. The lowest BCUT2D eigenvalue weighted by atomic mass is 10.1. The maximum absolute atomic E-state index is 13.1. The molecule has 2 aromatic heterocycles. The number of thioether (sulfide) groups is 1. The van der Waals surface area contributed by atoms with Crippen molar-refractivity contribution in [1.29, 1.82) is 0 Å². The van der Waals surface area contributed by atoms with Gasteiger partial charge in [-0.15, -0.1) is 0 Å². The fourth-order valence-electron chi connectivity index (χ4n) is 3.03. The first-order valence-electron chi connectivity index (χ1n) is 9.25. The summed E-state index contributed by atoms with van der Waals surface area (Å²) in [6.07, 6.45) is -2.30. The van der Waals surface area contributed by atoms with Gasteiger partial charge in [0.15, 0.2) is 10.7 Å². The summed E-state index contributed by atoms with van der Waals surface area (Å²) in [4.78, 5) is 21.9. The average molecular weight is 462 g/mol. The van der Waals surface area contributed by atoms with Crippen molar-refractivity contribution in [2.75, 3.05) is 5.75 Å². The number of aromatic nitrogens is 3. The lowest BCUT2D eigenvalue weighted by molar-refractivity contribution is -0.137. The van der Waals surface area contributed by atoms with Crippen LogP contribution in [0.1, 0.15) is 11.1 Å². The van der Waals surface area contributed by atoms with Crippen molar-refractivity contribution in [2.45, 2.75) is 17.8 Å². The maximum Gasteiger partial charge on any atom is 0.416 e. The van der Waals surface area contributed by atoms with Crippen LogP contribution in [0, 0.1) is 0 Å². The first-order chi connectivity index (χ1) is 14.8. The zero-order valence-corrected chi connectivity index (χ0v) is 17.5. The number of hydrogen-bond donors (Lipinski definition) is 0. The number of rotatable bonds is 5. The van der Waals surface area contributed by atoms with Crippen LogP contribution in [0.25, 0.3) is 16.7 Å². The van der Waals surface area contributed by atoms with E-state index < -0.39 is 11.7 Å². The highest BCUT2D eigenvalue weighted by atomic mass is 35.5. The summed E-state index contributed by atoms with van der Waals surface area (Å²) in [5, 5.41) is 1.01. The zero-order valence-electron chi connectivity index (χ0n) is 15.9. The van der Waals surface area contributed by atoms with Crippen LogP contribution in [0.15, 0.2) is 76.8 Å². The van der Waals surface area contributed by atoms with E-state index in [2.05, 4.69) is 9.97 Å². The number of hydrogen-bond acceptors (Lipinski definition) is 4. The molecular formula is C22H15ClF3N3OS. The SMILES string of the molecule is O=c1c2ncccc2nc(SCCc2ccc(C(F)(F)F)cc2)n1-c1ccc(Cl)cc1. The summed E-state index contributed by atoms with van der Waals surface area (Å²) in [5.41, 5.74) is 1.13. The quantitative estimate of drug-likeness (QED) is 0.279. The van der Waals surface area contributed by atoms with E-state index in [1.165, 1.54) is 34.7 Å². The van der Waals surface area contributed by atoms with E-state index in [1.807, 2.05) is 0 Å². The van der Waals surface area contributed by atoms with Gasteiger partial charge in [0.2, 0.25) is 0 Å². The van der Waals surface area contributed by atoms with Crippen LogP contribution in [0.4, 0.5) is 13.2 Å². The molecule has 0 aliphatic heterocycles. The molecule has 0 aliphatic rings. The molecule has 4 nitrogen and oxygen atoms in total. The Bertz CT molecular complexity index is 1270. The third-order valence-electron chi connectivity index (χ3n) is 4.59. The van der Waals surface area contributed by atoms with Crippen LogP contribution in [0.3, 0.4) is 0 Å². The Hall–Kier alpha value is -2.84. The molecule has 0 bridgehead atoms. The Kier molecular flexibility index (Phi) is 6.02. The lowest BCUT2D eigenvalue weighted by Crippen LogP contribution is -2.22. The third kappa shape index (κ3) is 4.75. The number of nitrogens with zero attached hydrogens (tertiary/aromatic N) is 3. The Morgan fingerprint density at radius 1 is 1.00 bits per heavy atom. The molecule has 0 aliphatic carbocycles. The number of halogens is 4. The number of alkyl halides is 3. The van der Waals surface area contributed by atoms with Crippen molar-refractivity contribution < 1.29 is 13.2 Å². The monoisotopic (exact) mass is 461 g/mol. The largest absolute Gasteiger partial charge is 0.416 e. The molecule has 0 atom stereocenters. The van der Waals surface area contributed by atoms with Crippen LogP contribution >= 0.6 is 23.4 Å². The minimum Gasteiger partial charge on any atom is -0.266 e. The summed E-state index contributed by atoms with van der Waals surface area (Å²) in [6, 6.07) is 15.3.